The number of carbonyl (C=O) groups excluding carboxylic acids is 2. The summed E-state index contributed by atoms with van der Waals surface area (Å²) < 4.78 is 11.4. The zero-order valence-corrected chi connectivity index (χ0v) is 34.8. The van der Waals surface area contributed by atoms with Crippen LogP contribution in [0.15, 0.2) is 73.3 Å². The second-order valence-corrected chi connectivity index (χ2v) is 16.4. The number of amides is 2. The average molecular weight is 839 g/mol. The summed E-state index contributed by atoms with van der Waals surface area (Å²) in [6.07, 6.45) is 11.9. The molecule has 0 saturated carbocycles. The van der Waals surface area contributed by atoms with E-state index in [4.69, 9.17) is 9.47 Å². The van der Waals surface area contributed by atoms with E-state index in [2.05, 4.69) is 110 Å². The molecule has 6 heterocycles. The monoisotopic (exact) mass is 838 g/mol. The van der Waals surface area contributed by atoms with Crippen molar-refractivity contribution in [3.63, 3.8) is 0 Å². The summed E-state index contributed by atoms with van der Waals surface area (Å²) >= 11 is 0. The third kappa shape index (κ3) is 9.92. The first-order valence-electron chi connectivity index (χ1n) is 21.1. The van der Waals surface area contributed by atoms with Gasteiger partial charge in [0.05, 0.1) is 60.5 Å². The van der Waals surface area contributed by atoms with E-state index < -0.39 is 0 Å². The topological polar surface area (TPSA) is 218 Å². The Morgan fingerprint density at radius 1 is 0.613 bits per heavy atom. The number of nitrogens with zero attached hydrogens (tertiary/aromatic N) is 10. The lowest BCUT2D eigenvalue weighted by Crippen LogP contribution is -2.31. The summed E-state index contributed by atoms with van der Waals surface area (Å²) in [6, 6.07) is 17.6. The number of benzene rings is 2. The molecule has 0 radical (unpaired) electrons. The minimum absolute atomic E-state index is 0.0336. The number of carbonyl (C=O) groups is 2. The van der Waals surface area contributed by atoms with E-state index >= 15 is 0 Å². The number of nitrogens with one attached hydrogen (secondary N) is 4. The number of rotatable bonds is 14. The van der Waals surface area contributed by atoms with Crippen molar-refractivity contribution in [1.29, 1.82) is 0 Å². The summed E-state index contributed by atoms with van der Waals surface area (Å²) in [5.74, 6) is 1.16. The third-order valence-corrected chi connectivity index (χ3v) is 11.7. The van der Waals surface area contributed by atoms with Crippen molar-refractivity contribution < 1.29 is 19.1 Å². The highest BCUT2D eigenvalue weighted by Gasteiger charge is 2.29. The molecule has 0 bridgehead atoms. The SMILES string of the molecule is C[C@@H](Cc1cn[nH]n1)OCC(=O)N1Cc2cnc(NC3Cc4ccccc4C3)nc2C1.C[C@H](Cc1cn[nH]n1)OCC(=O)N1Cc2cnc(NC3Cc4ccccc4C3)nc2C1. The molecule has 4 aliphatic rings. The van der Waals surface area contributed by atoms with E-state index in [1.165, 1.54) is 22.3 Å². The molecule has 2 amide bonds. The molecule has 0 fully saturated rings. The molecule has 2 atom stereocenters. The summed E-state index contributed by atoms with van der Waals surface area (Å²) in [7, 11) is 0. The smallest absolute Gasteiger partial charge is 0.249 e. The number of ether oxygens (including phenoxy) is 2. The maximum absolute atomic E-state index is 12.6. The molecule has 6 aromatic rings. The summed E-state index contributed by atoms with van der Waals surface area (Å²) in [5.41, 5.74) is 10.9. The fourth-order valence-corrected chi connectivity index (χ4v) is 8.45. The predicted molar refractivity (Wildman–Crippen MR) is 226 cm³/mol. The van der Waals surface area contributed by atoms with Crippen molar-refractivity contribution in [2.24, 2.45) is 0 Å². The van der Waals surface area contributed by atoms with Gasteiger partial charge in [0.25, 0.3) is 0 Å². The molecule has 18 nitrogen and oxygen atoms in total. The highest BCUT2D eigenvalue weighted by atomic mass is 16.5. The number of hydrogen-bond donors (Lipinski definition) is 4. The lowest BCUT2D eigenvalue weighted by Gasteiger charge is -2.17. The van der Waals surface area contributed by atoms with Crippen LogP contribution in [0.25, 0.3) is 0 Å². The van der Waals surface area contributed by atoms with Gasteiger partial charge in [-0.15, -0.1) is 0 Å². The van der Waals surface area contributed by atoms with Crippen molar-refractivity contribution in [3.05, 3.63) is 129 Å². The van der Waals surface area contributed by atoms with Gasteiger partial charge in [0.15, 0.2) is 0 Å². The van der Waals surface area contributed by atoms with Crippen molar-refractivity contribution in [2.75, 3.05) is 23.8 Å². The van der Waals surface area contributed by atoms with Crippen LogP contribution >= 0.6 is 0 Å². The van der Waals surface area contributed by atoms with Gasteiger partial charge in [-0.05, 0) is 61.8 Å². The maximum atomic E-state index is 12.6. The second kappa shape index (κ2) is 18.5. The first-order chi connectivity index (χ1) is 30.3. The molecule has 62 heavy (non-hydrogen) atoms. The largest absolute Gasteiger partial charge is 0.368 e. The first kappa shape index (κ1) is 40.7. The van der Waals surface area contributed by atoms with E-state index in [1.807, 2.05) is 26.2 Å². The highest BCUT2D eigenvalue weighted by molar-refractivity contribution is 5.78. The number of aromatic amines is 2. The first-order valence-corrected chi connectivity index (χ1v) is 21.1. The van der Waals surface area contributed by atoms with Gasteiger partial charge in [-0.25, -0.2) is 19.9 Å². The van der Waals surface area contributed by atoms with Crippen LogP contribution in [0.1, 0.15) is 70.0 Å². The number of H-pyrrole nitrogens is 2. The molecule has 10 rings (SSSR count). The molecule has 0 unspecified atom stereocenters. The Bertz CT molecular complexity index is 2260. The fourth-order valence-electron chi connectivity index (χ4n) is 8.45. The Morgan fingerprint density at radius 2 is 1.02 bits per heavy atom. The Morgan fingerprint density at radius 3 is 1.39 bits per heavy atom. The van der Waals surface area contributed by atoms with Crippen molar-refractivity contribution >= 4 is 23.7 Å². The van der Waals surface area contributed by atoms with Gasteiger partial charge in [0, 0.05) is 61.5 Å². The normalized spacial score (nSPS) is 16.2. The number of hydrogen-bond acceptors (Lipinski definition) is 14. The van der Waals surface area contributed by atoms with Crippen LogP contribution in [0.2, 0.25) is 0 Å². The van der Waals surface area contributed by atoms with Crippen LogP contribution in [0.5, 0.6) is 0 Å². The van der Waals surface area contributed by atoms with Crippen molar-refractivity contribution in [1.82, 2.24) is 60.6 Å². The lowest BCUT2D eigenvalue weighted by molar-refractivity contribution is -0.139. The summed E-state index contributed by atoms with van der Waals surface area (Å²) in [5, 5.41) is 27.7. The van der Waals surface area contributed by atoms with Crippen LogP contribution < -0.4 is 10.6 Å². The van der Waals surface area contributed by atoms with Gasteiger partial charge in [0.2, 0.25) is 23.7 Å². The Kier molecular flexibility index (Phi) is 12.2. The second-order valence-electron chi connectivity index (χ2n) is 16.4. The molecule has 2 aliphatic heterocycles. The number of anilines is 2. The van der Waals surface area contributed by atoms with Crippen molar-refractivity contribution in [3.8, 4) is 0 Å². The quantitative estimate of drug-likeness (QED) is 0.124. The standard InChI is InChI=1S/2C22H25N7O2/c2*1-14(6-19-10-24-28-27-19)31-13-21(30)29-11-17-9-23-22(26-20(17)12-29)25-18-7-15-4-2-3-5-16(15)8-18/h2*2-5,9-10,14,18H,6-8,11-13H2,1H3,(H,23,25,26)(H,24,27,28)/t2*14-/m10/s1. The molecular weight excluding hydrogens is 789 g/mol. The predicted octanol–water partition coefficient (Wildman–Crippen LogP) is 3.33. The molecular formula is C44H50N14O4. The molecule has 0 saturated heterocycles. The van der Waals surface area contributed by atoms with E-state index in [-0.39, 0.29) is 37.2 Å². The van der Waals surface area contributed by atoms with E-state index in [1.54, 1.807) is 22.2 Å². The van der Waals surface area contributed by atoms with Crippen molar-refractivity contribution in [2.45, 2.75) is 103 Å². The zero-order valence-electron chi connectivity index (χ0n) is 34.8. The van der Waals surface area contributed by atoms with Crippen LogP contribution in [-0.2, 0) is 83.8 Å². The van der Waals surface area contributed by atoms with E-state index in [0.29, 0.717) is 63.0 Å². The van der Waals surface area contributed by atoms with Gasteiger partial charge in [0.1, 0.15) is 13.2 Å². The van der Waals surface area contributed by atoms with Gasteiger partial charge >= 0.3 is 0 Å². The highest BCUT2D eigenvalue weighted by Crippen LogP contribution is 2.27. The zero-order chi connectivity index (χ0) is 42.4. The van der Waals surface area contributed by atoms with Crippen LogP contribution in [0, 0.1) is 0 Å². The summed E-state index contributed by atoms with van der Waals surface area (Å²) in [6.45, 7) is 5.91. The average Bonchev–Trinajstić information content (AvgIpc) is 4.14. The lowest BCUT2D eigenvalue weighted by atomic mass is 10.1. The van der Waals surface area contributed by atoms with Crippen LogP contribution in [0.4, 0.5) is 11.9 Å². The van der Waals surface area contributed by atoms with E-state index in [9.17, 15) is 9.59 Å². The molecule has 320 valence electrons. The molecule has 18 heteroatoms. The molecule has 4 N–H and O–H groups in total. The number of fused-ring (bicyclic) bond motifs is 4. The minimum atomic E-state index is -0.120. The van der Waals surface area contributed by atoms with Gasteiger partial charge in [-0.1, -0.05) is 48.5 Å². The molecule has 0 spiro atoms. The van der Waals surface area contributed by atoms with Gasteiger partial charge in [-0.3, -0.25) is 9.59 Å². The fraction of sp³-hybridized carbons (Fsp3) is 0.409. The van der Waals surface area contributed by atoms with Crippen LogP contribution in [0.3, 0.4) is 0 Å². The van der Waals surface area contributed by atoms with E-state index in [0.717, 1.165) is 59.6 Å². The molecule has 2 aliphatic carbocycles. The number of aromatic nitrogens is 10. The van der Waals surface area contributed by atoms with Crippen LogP contribution in [-0.4, -0.2) is 110 Å². The maximum Gasteiger partial charge on any atom is 0.249 e. The van der Waals surface area contributed by atoms with Gasteiger partial charge in [-0.2, -0.15) is 30.8 Å². The molecule has 2 aromatic carbocycles. The Labute approximate surface area is 358 Å². The molecule has 4 aromatic heterocycles. The Hall–Kier alpha value is -6.66. The minimum Gasteiger partial charge on any atom is -0.368 e. The Balaban J connectivity index is 0.000000158. The third-order valence-electron chi connectivity index (χ3n) is 11.7. The van der Waals surface area contributed by atoms with Gasteiger partial charge < -0.3 is 29.9 Å². The summed E-state index contributed by atoms with van der Waals surface area (Å²) in [4.78, 5) is 47.1.